The summed E-state index contributed by atoms with van der Waals surface area (Å²) in [6.45, 7) is 34.1. The number of hydrogen-bond acceptors (Lipinski definition) is 3. The second kappa shape index (κ2) is 15.8. The summed E-state index contributed by atoms with van der Waals surface area (Å²) in [6, 6.07) is 56.5. The van der Waals surface area contributed by atoms with Gasteiger partial charge in [0, 0.05) is 51.2 Å². The van der Waals surface area contributed by atoms with Crippen LogP contribution in [0.4, 0.5) is 51.2 Å². The van der Waals surface area contributed by atoms with Crippen molar-refractivity contribution in [3.8, 4) is 0 Å². The van der Waals surface area contributed by atoms with Crippen molar-refractivity contribution in [2.45, 2.75) is 155 Å². The number of hydrogen-bond donors (Lipinski definition) is 0. The lowest BCUT2D eigenvalue weighted by atomic mass is 9.33. The topological polar surface area (TPSA) is 9.72 Å². The summed E-state index contributed by atoms with van der Waals surface area (Å²) in [7, 11) is 0. The van der Waals surface area contributed by atoms with Crippen molar-refractivity contribution in [2.75, 3.05) is 14.7 Å². The van der Waals surface area contributed by atoms with Crippen LogP contribution >= 0.6 is 0 Å². The molecule has 0 saturated heterocycles. The van der Waals surface area contributed by atoms with Gasteiger partial charge in [-0.15, -0.1) is 0 Å². The van der Waals surface area contributed by atoms with Crippen LogP contribution in [-0.2, 0) is 32.5 Å². The number of nitrogens with zero attached hydrogens (tertiary/aromatic N) is 3. The lowest BCUT2D eigenvalue weighted by molar-refractivity contribution is 0.332. The molecule has 4 heteroatoms. The summed E-state index contributed by atoms with van der Waals surface area (Å²) in [5.41, 5.74) is 23.7. The summed E-state index contributed by atoms with van der Waals surface area (Å²) in [5.74, 6) is 0. The van der Waals surface area contributed by atoms with E-state index >= 15 is 0 Å². The van der Waals surface area contributed by atoms with Crippen molar-refractivity contribution in [2.24, 2.45) is 0 Å². The molecule has 0 amide bonds. The SMILES string of the molecule is CC(C)(C)c1cc2c3c(c1)N(c1ccccc1)c1cc4c(cc1B3c1cc(N(c3ccccc3)c3ccccc3)c(C(C)(C)C)cc1N2c1ccc2c(c1)C(C)(C)CCC2(C)C)C(C)(C)CCC4(C)C. The van der Waals surface area contributed by atoms with Crippen LogP contribution in [0.2, 0.25) is 0 Å². The molecule has 0 unspecified atom stereocenters. The standard InChI is InChI=1S/C66H74BN3/c1-61(2,3)43-36-58-60-59(37-43)70(47-30-31-48-49(38-47)64(9,10)33-32-63(48,7)8)57-41-52(62(4,5)6)55(68(44-24-18-15-19-25-44)45-26-20-16-21-27-45)42-54(57)67(60)53-39-50-51(66(13,14)35-34-65(50,11)12)40-56(53)69(58)46-28-22-17-23-29-46/h15-31,36-42H,32-35H2,1-14H3. The maximum atomic E-state index is 2.70. The number of para-hydroxylation sites is 3. The molecule has 11 rings (SSSR count). The van der Waals surface area contributed by atoms with Crippen LogP contribution in [0, 0.1) is 0 Å². The van der Waals surface area contributed by atoms with E-state index in [1.165, 1.54) is 96.0 Å². The normalized spacial score (nSPS) is 18.0. The first-order valence-electron chi connectivity index (χ1n) is 26.2. The minimum atomic E-state index is -0.207. The van der Waals surface area contributed by atoms with E-state index in [0.29, 0.717) is 0 Å². The number of anilines is 9. The average Bonchev–Trinajstić information content (AvgIpc) is 3.31. The molecule has 3 nitrogen and oxygen atoms in total. The molecule has 0 bridgehead atoms. The number of benzene rings is 7. The van der Waals surface area contributed by atoms with Crippen molar-refractivity contribution in [1.82, 2.24) is 0 Å². The van der Waals surface area contributed by atoms with Gasteiger partial charge in [0.1, 0.15) is 0 Å². The Bertz CT molecular complexity index is 3140. The molecular weight excluding hydrogens is 846 g/mol. The van der Waals surface area contributed by atoms with Crippen molar-refractivity contribution < 1.29 is 0 Å². The van der Waals surface area contributed by atoms with Gasteiger partial charge in [0.25, 0.3) is 6.71 Å². The molecule has 70 heavy (non-hydrogen) atoms. The highest BCUT2D eigenvalue weighted by Crippen LogP contribution is 2.54. The zero-order chi connectivity index (χ0) is 49.5. The third-order valence-corrected chi connectivity index (χ3v) is 17.2. The van der Waals surface area contributed by atoms with Gasteiger partial charge in [-0.3, -0.25) is 0 Å². The molecule has 0 saturated carbocycles. The molecular formula is C66H74BN3. The van der Waals surface area contributed by atoms with E-state index < -0.39 is 0 Å². The van der Waals surface area contributed by atoms with Gasteiger partial charge in [0.2, 0.25) is 0 Å². The fourth-order valence-electron chi connectivity index (χ4n) is 12.7. The summed E-state index contributed by atoms with van der Waals surface area (Å²) < 4.78 is 0. The molecule has 7 aromatic rings. The first-order valence-corrected chi connectivity index (χ1v) is 26.2. The van der Waals surface area contributed by atoms with Crippen molar-refractivity contribution in [3.05, 3.63) is 179 Å². The van der Waals surface area contributed by atoms with Gasteiger partial charge in [-0.25, -0.2) is 0 Å². The Kier molecular flexibility index (Phi) is 10.4. The van der Waals surface area contributed by atoms with Gasteiger partial charge < -0.3 is 14.7 Å². The molecule has 0 N–H and O–H groups in total. The fraction of sp³-hybridized carbons (Fsp3) is 0.364. The van der Waals surface area contributed by atoms with Crippen LogP contribution < -0.4 is 31.1 Å². The Morgan fingerprint density at radius 2 is 0.857 bits per heavy atom. The molecule has 2 aliphatic heterocycles. The smallest absolute Gasteiger partial charge is 0.252 e. The van der Waals surface area contributed by atoms with Crippen LogP contribution in [0.25, 0.3) is 0 Å². The monoisotopic (exact) mass is 920 g/mol. The van der Waals surface area contributed by atoms with Gasteiger partial charge in [-0.1, -0.05) is 164 Å². The summed E-state index contributed by atoms with van der Waals surface area (Å²) in [5, 5.41) is 0. The molecule has 0 radical (unpaired) electrons. The lowest BCUT2D eigenvalue weighted by Gasteiger charge is -2.48. The van der Waals surface area contributed by atoms with E-state index in [2.05, 4.69) is 257 Å². The van der Waals surface area contributed by atoms with E-state index in [1.807, 2.05) is 0 Å². The first kappa shape index (κ1) is 46.4. The van der Waals surface area contributed by atoms with E-state index in [-0.39, 0.29) is 39.2 Å². The van der Waals surface area contributed by atoms with Crippen molar-refractivity contribution in [3.63, 3.8) is 0 Å². The molecule has 0 aromatic heterocycles. The largest absolute Gasteiger partial charge is 0.311 e. The van der Waals surface area contributed by atoms with Gasteiger partial charge >= 0.3 is 0 Å². The molecule has 0 atom stereocenters. The highest BCUT2D eigenvalue weighted by Gasteiger charge is 2.48. The Morgan fingerprint density at radius 3 is 1.37 bits per heavy atom. The van der Waals surface area contributed by atoms with Crippen LogP contribution in [-0.4, -0.2) is 6.71 Å². The van der Waals surface area contributed by atoms with E-state index in [9.17, 15) is 0 Å². The van der Waals surface area contributed by atoms with Crippen molar-refractivity contribution in [1.29, 1.82) is 0 Å². The Labute approximate surface area is 421 Å². The number of rotatable bonds is 5. The predicted octanol–water partition coefficient (Wildman–Crippen LogP) is 16.5. The Balaban J connectivity index is 1.32. The zero-order valence-electron chi connectivity index (χ0n) is 44.6. The lowest BCUT2D eigenvalue weighted by Crippen LogP contribution is -2.62. The van der Waals surface area contributed by atoms with Gasteiger partial charge in [-0.2, -0.15) is 0 Å². The van der Waals surface area contributed by atoms with Crippen LogP contribution in [0.1, 0.15) is 156 Å². The molecule has 4 aliphatic rings. The molecule has 7 aromatic carbocycles. The first-order chi connectivity index (χ1) is 33.0. The number of fused-ring (bicyclic) bond motifs is 6. The molecule has 0 fully saturated rings. The summed E-state index contributed by atoms with van der Waals surface area (Å²) in [4.78, 5) is 7.86. The Morgan fingerprint density at radius 1 is 0.414 bits per heavy atom. The maximum Gasteiger partial charge on any atom is 0.252 e. The molecule has 2 heterocycles. The molecule has 2 aliphatic carbocycles. The molecule has 356 valence electrons. The molecule has 0 spiro atoms. The minimum absolute atomic E-state index is 0.0303. The second-order valence-electron chi connectivity index (χ2n) is 26.0. The predicted molar refractivity (Wildman–Crippen MR) is 303 cm³/mol. The average molecular weight is 920 g/mol. The van der Waals surface area contributed by atoms with Crippen LogP contribution in [0.5, 0.6) is 0 Å². The van der Waals surface area contributed by atoms with Crippen LogP contribution in [0.15, 0.2) is 146 Å². The summed E-state index contributed by atoms with van der Waals surface area (Å²) >= 11 is 0. The van der Waals surface area contributed by atoms with Gasteiger partial charge in [0.05, 0.1) is 0 Å². The van der Waals surface area contributed by atoms with Gasteiger partial charge in [-0.05, 0) is 187 Å². The van der Waals surface area contributed by atoms with Crippen LogP contribution in [0.3, 0.4) is 0 Å². The van der Waals surface area contributed by atoms with E-state index in [4.69, 9.17) is 0 Å². The third kappa shape index (κ3) is 7.37. The fourth-order valence-corrected chi connectivity index (χ4v) is 12.7. The third-order valence-electron chi connectivity index (χ3n) is 17.2. The quantitative estimate of drug-likeness (QED) is 0.159. The van der Waals surface area contributed by atoms with E-state index in [1.54, 1.807) is 0 Å². The highest BCUT2D eigenvalue weighted by atomic mass is 15.2. The van der Waals surface area contributed by atoms with E-state index in [0.717, 1.165) is 30.6 Å². The second-order valence-corrected chi connectivity index (χ2v) is 26.0. The van der Waals surface area contributed by atoms with Gasteiger partial charge in [0.15, 0.2) is 0 Å². The highest BCUT2D eigenvalue weighted by molar-refractivity contribution is 7.00. The maximum absolute atomic E-state index is 2.70. The minimum Gasteiger partial charge on any atom is -0.311 e. The Hall–Kier alpha value is -6.00. The van der Waals surface area contributed by atoms with Crippen molar-refractivity contribution >= 4 is 74.3 Å². The zero-order valence-corrected chi connectivity index (χ0v) is 44.6. The summed E-state index contributed by atoms with van der Waals surface area (Å²) in [6.07, 6.45) is 4.67.